The van der Waals surface area contributed by atoms with E-state index in [-0.39, 0.29) is 0 Å². The minimum atomic E-state index is 0.945. The van der Waals surface area contributed by atoms with Crippen LogP contribution >= 0.6 is 11.3 Å². The highest BCUT2D eigenvalue weighted by Gasteiger charge is 2.13. The quantitative estimate of drug-likeness (QED) is 0.179. The van der Waals surface area contributed by atoms with Crippen molar-refractivity contribution in [2.45, 2.75) is 0 Å². The van der Waals surface area contributed by atoms with Crippen LogP contribution in [0.2, 0.25) is 0 Å². The molecule has 3 heteroatoms. The fourth-order valence-corrected chi connectivity index (χ4v) is 8.62. The second-order valence-corrected chi connectivity index (χ2v) is 13.6. The van der Waals surface area contributed by atoms with Crippen LogP contribution in [0.1, 0.15) is 0 Å². The van der Waals surface area contributed by atoms with Gasteiger partial charge in [-0.2, -0.15) is 0 Å². The molecule has 0 saturated heterocycles. The Hall–Kier alpha value is -6.16. The summed E-state index contributed by atoms with van der Waals surface area (Å²) in [6.45, 7) is 0. The third kappa shape index (κ3) is 4.62. The molecule has 0 aliphatic heterocycles. The van der Waals surface area contributed by atoms with Gasteiger partial charge in [-0.15, -0.1) is 11.3 Å². The summed E-state index contributed by atoms with van der Waals surface area (Å²) < 4.78 is 2.67. The Bertz CT molecular complexity index is 2850. The summed E-state index contributed by atoms with van der Waals surface area (Å²) in [5, 5.41) is 7.32. The zero-order valence-corrected chi connectivity index (χ0v) is 27.3. The predicted molar refractivity (Wildman–Crippen MR) is 209 cm³/mol. The summed E-state index contributed by atoms with van der Waals surface area (Å²) in [5.41, 5.74) is 11.6. The number of benzene rings is 8. The number of nitrogens with zero attached hydrogens (tertiary/aromatic N) is 2. The molecule has 0 saturated carbocycles. The zero-order valence-electron chi connectivity index (χ0n) is 26.5. The van der Waals surface area contributed by atoms with Crippen LogP contribution in [0.15, 0.2) is 170 Å². The Balaban J connectivity index is 0.995. The van der Waals surface area contributed by atoms with Gasteiger partial charge in [-0.25, -0.2) is 0 Å². The van der Waals surface area contributed by atoms with Crippen molar-refractivity contribution in [1.29, 1.82) is 0 Å². The Morgan fingerprint density at radius 2 is 0.837 bits per heavy atom. The third-order valence-corrected chi connectivity index (χ3v) is 11.0. The molecule has 0 unspecified atom stereocenters. The first kappa shape index (κ1) is 27.9. The molecule has 2 aromatic heterocycles. The number of fused-ring (bicyclic) bond motifs is 9. The molecule has 8 aromatic carbocycles. The lowest BCUT2D eigenvalue weighted by Gasteiger charge is -2.11. The van der Waals surface area contributed by atoms with Crippen LogP contribution in [0.3, 0.4) is 0 Å². The fraction of sp³-hybridized carbons (Fsp3) is 0. The lowest BCUT2D eigenvalue weighted by atomic mass is 9.93. The SMILES string of the molecule is c1cc(-c2ccc(-c3ccc4c(c3)c3ccccc3c3nccnc43)cc2)cc(-c2cccc(-c3cccc4c3sc3ccccc34)c2)c1. The minimum absolute atomic E-state index is 0.945. The van der Waals surface area contributed by atoms with Crippen molar-refractivity contribution >= 4 is 64.1 Å². The molecule has 0 bridgehead atoms. The van der Waals surface area contributed by atoms with E-state index in [1.807, 2.05) is 11.3 Å². The van der Waals surface area contributed by atoms with Gasteiger partial charge >= 0.3 is 0 Å². The monoisotopic (exact) mass is 640 g/mol. The number of hydrogen-bond acceptors (Lipinski definition) is 3. The predicted octanol–water partition coefficient (Wildman–Crippen LogP) is 13.0. The van der Waals surface area contributed by atoms with Gasteiger partial charge in [0.2, 0.25) is 0 Å². The van der Waals surface area contributed by atoms with Gasteiger partial charge in [0.05, 0.1) is 11.0 Å². The van der Waals surface area contributed by atoms with Crippen molar-refractivity contribution in [3.05, 3.63) is 170 Å². The van der Waals surface area contributed by atoms with Gasteiger partial charge in [0.1, 0.15) is 0 Å². The topological polar surface area (TPSA) is 25.8 Å². The average Bonchev–Trinajstić information content (AvgIpc) is 3.57. The molecule has 0 aliphatic rings. The molecular formula is C46H28N2S. The van der Waals surface area contributed by atoms with Gasteiger partial charge in [-0.05, 0) is 79.5 Å². The second kappa shape index (κ2) is 11.2. The summed E-state index contributed by atoms with van der Waals surface area (Å²) in [7, 11) is 0. The Morgan fingerprint density at radius 1 is 0.327 bits per heavy atom. The number of hydrogen-bond donors (Lipinski definition) is 0. The Labute approximate surface area is 287 Å². The van der Waals surface area contributed by atoms with Crippen LogP contribution in [-0.4, -0.2) is 9.97 Å². The molecular weight excluding hydrogens is 613 g/mol. The molecule has 0 fully saturated rings. The van der Waals surface area contributed by atoms with Gasteiger partial charge in [-0.1, -0.05) is 133 Å². The number of aromatic nitrogens is 2. The summed E-state index contributed by atoms with van der Waals surface area (Å²) in [6, 6.07) is 57.4. The zero-order chi connectivity index (χ0) is 32.3. The highest BCUT2D eigenvalue weighted by molar-refractivity contribution is 7.26. The van der Waals surface area contributed by atoms with Crippen LogP contribution in [-0.2, 0) is 0 Å². The van der Waals surface area contributed by atoms with Crippen molar-refractivity contribution < 1.29 is 0 Å². The fourth-order valence-electron chi connectivity index (χ4n) is 7.38. The van der Waals surface area contributed by atoms with Crippen molar-refractivity contribution in [2.75, 3.05) is 0 Å². The number of rotatable bonds is 4. The Morgan fingerprint density at radius 3 is 1.57 bits per heavy atom. The van der Waals surface area contributed by atoms with E-state index in [0.717, 1.165) is 21.8 Å². The van der Waals surface area contributed by atoms with E-state index < -0.39 is 0 Å². The first-order valence-corrected chi connectivity index (χ1v) is 17.4. The normalized spacial score (nSPS) is 11.7. The molecule has 0 amide bonds. The third-order valence-electron chi connectivity index (χ3n) is 9.77. The van der Waals surface area contributed by atoms with Crippen LogP contribution < -0.4 is 0 Å². The van der Waals surface area contributed by atoms with Crippen LogP contribution in [0.5, 0.6) is 0 Å². The molecule has 0 atom stereocenters. The first-order valence-electron chi connectivity index (χ1n) is 16.6. The van der Waals surface area contributed by atoms with Crippen molar-refractivity contribution in [2.24, 2.45) is 0 Å². The van der Waals surface area contributed by atoms with Gasteiger partial charge in [0.25, 0.3) is 0 Å². The van der Waals surface area contributed by atoms with Crippen LogP contribution in [0.4, 0.5) is 0 Å². The van der Waals surface area contributed by atoms with Gasteiger partial charge in [0.15, 0.2) is 0 Å². The maximum atomic E-state index is 4.71. The molecule has 0 spiro atoms. The molecule has 2 nitrogen and oxygen atoms in total. The molecule has 2 heterocycles. The van der Waals surface area contributed by atoms with Crippen LogP contribution in [0.25, 0.3) is 97.3 Å². The average molecular weight is 641 g/mol. The van der Waals surface area contributed by atoms with Gasteiger partial charge in [-0.3, -0.25) is 9.97 Å². The summed E-state index contributed by atoms with van der Waals surface area (Å²) in [4.78, 5) is 9.39. The summed E-state index contributed by atoms with van der Waals surface area (Å²) in [5.74, 6) is 0. The molecule has 0 N–H and O–H groups in total. The standard InChI is InChI=1S/C46H28N2S/c1-2-14-39-37(12-1)42-28-34(22-23-40(42)45-44(39)47-24-25-48-45)30-20-18-29(19-21-30)31-8-5-9-32(26-31)33-10-6-11-35(27-33)36-15-7-16-41-38-13-3-4-17-43(38)49-46(36)41/h1-28H. The van der Waals surface area contributed by atoms with Crippen molar-refractivity contribution in [3.8, 4) is 44.5 Å². The first-order chi connectivity index (χ1) is 24.3. The Kier molecular flexibility index (Phi) is 6.39. The highest BCUT2D eigenvalue weighted by atomic mass is 32.1. The second-order valence-electron chi connectivity index (χ2n) is 12.6. The van der Waals surface area contributed by atoms with E-state index in [1.54, 1.807) is 12.4 Å². The maximum absolute atomic E-state index is 4.71. The minimum Gasteiger partial charge on any atom is -0.252 e. The van der Waals surface area contributed by atoms with E-state index in [1.165, 1.54) is 75.5 Å². The molecule has 49 heavy (non-hydrogen) atoms. The van der Waals surface area contributed by atoms with Gasteiger partial charge < -0.3 is 0 Å². The smallest absolute Gasteiger partial charge is 0.0971 e. The lowest BCUT2D eigenvalue weighted by Crippen LogP contribution is -1.89. The van der Waals surface area contributed by atoms with E-state index in [4.69, 9.17) is 4.98 Å². The highest BCUT2D eigenvalue weighted by Crippen LogP contribution is 2.41. The van der Waals surface area contributed by atoms with Gasteiger partial charge in [0, 0.05) is 43.3 Å². The largest absolute Gasteiger partial charge is 0.252 e. The molecule has 0 aliphatic carbocycles. The van der Waals surface area contributed by atoms with Crippen LogP contribution in [0, 0.1) is 0 Å². The maximum Gasteiger partial charge on any atom is 0.0971 e. The molecule has 0 radical (unpaired) electrons. The number of thiophene rings is 1. The summed E-state index contributed by atoms with van der Waals surface area (Å²) in [6.07, 6.45) is 3.55. The summed E-state index contributed by atoms with van der Waals surface area (Å²) >= 11 is 1.88. The molecule has 228 valence electrons. The van der Waals surface area contributed by atoms with Crippen molar-refractivity contribution in [3.63, 3.8) is 0 Å². The van der Waals surface area contributed by atoms with E-state index in [9.17, 15) is 0 Å². The van der Waals surface area contributed by atoms with E-state index in [0.29, 0.717) is 0 Å². The molecule has 10 rings (SSSR count). The lowest BCUT2D eigenvalue weighted by molar-refractivity contribution is 1.31. The molecule has 10 aromatic rings. The van der Waals surface area contributed by atoms with Crippen molar-refractivity contribution in [1.82, 2.24) is 9.97 Å². The van der Waals surface area contributed by atoms with E-state index in [2.05, 4.69) is 163 Å². The van der Waals surface area contributed by atoms with E-state index >= 15 is 0 Å².